The Labute approximate surface area is 70.7 Å². The van der Waals surface area contributed by atoms with Crippen LogP contribution in [0.2, 0.25) is 0 Å². The zero-order valence-corrected chi connectivity index (χ0v) is 7.13. The number of nitrogens with one attached hydrogen (secondary N) is 1. The number of nitrogen functional groups attached to an aromatic ring is 1. The van der Waals surface area contributed by atoms with Crippen LogP contribution in [0, 0.1) is 0 Å². The highest BCUT2D eigenvalue weighted by Crippen LogP contribution is 2.08. The van der Waals surface area contributed by atoms with Crippen LogP contribution >= 0.6 is 0 Å². The summed E-state index contributed by atoms with van der Waals surface area (Å²) in [5, 5.41) is 2.68. The third-order valence-corrected chi connectivity index (χ3v) is 1.27. The molecule has 0 spiro atoms. The standard InChI is InChI=1S/C8H12N2O2/c1-5(2)10-8(11)6-3-4-7(9)12-6/h3-5H,9H2,1-2H3,(H,10,11). The Kier molecular flexibility index (Phi) is 2.38. The smallest absolute Gasteiger partial charge is 0.287 e. The SMILES string of the molecule is CC(C)NC(=O)c1ccc(N)o1. The van der Waals surface area contributed by atoms with Crippen LogP contribution in [0.25, 0.3) is 0 Å². The first kappa shape index (κ1) is 8.64. The predicted octanol–water partition coefficient (Wildman–Crippen LogP) is 1.00. The molecule has 0 radical (unpaired) electrons. The number of rotatable bonds is 2. The topological polar surface area (TPSA) is 68.3 Å². The molecule has 0 saturated carbocycles. The number of carbonyl (C=O) groups excluding carboxylic acids is 1. The Bertz CT molecular complexity index is 278. The van der Waals surface area contributed by atoms with Gasteiger partial charge in [0.1, 0.15) is 0 Å². The first-order valence-electron chi connectivity index (χ1n) is 3.76. The summed E-state index contributed by atoms with van der Waals surface area (Å²) >= 11 is 0. The summed E-state index contributed by atoms with van der Waals surface area (Å²) in [4.78, 5) is 11.2. The van der Waals surface area contributed by atoms with Gasteiger partial charge >= 0.3 is 0 Å². The summed E-state index contributed by atoms with van der Waals surface area (Å²) < 4.78 is 4.91. The monoisotopic (exact) mass is 168 g/mol. The Morgan fingerprint density at radius 1 is 1.58 bits per heavy atom. The minimum Gasteiger partial charge on any atom is -0.436 e. The predicted molar refractivity (Wildman–Crippen MR) is 45.7 cm³/mol. The second kappa shape index (κ2) is 3.30. The van der Waals surface area contributed by atoms with E-state index >= 15 is 0 Å². The highest BCUT2D eigenvalue weighted by molar-refractivity contribution is 5.91. The molecule has 0 aliphatic heterocycles. The molecule has 0 unspecified atom stereocenters. The van der Waals surface area contributed by atoms with Gasteiger partial charge in [-0.15, -0.1) is 0 Å². The molecule has 0 atom stereocenters. The molecule has 12 heavy (non-hydrogen) atoms. The van der Waals surface area contributed by atoms with Gasteiger partial charge in [-0.3, -0.25) is 4.79 Å². The molecule has 1 amide bonds. The minimum atomic E-state index is -0.235. The number of hydrogen-bond acceptors (Lipinski definition) is 3. The highest BCUT2D eigenvalue weighted by Gasteiger charge is 2.10. The molecule has 0 fully saturated rings. The van der Waals surface area contributed by atoms with E-state index < -0.39 is 0 Å². The van der Waals surface area contributed by atoms with Crippen molar-refractivity contribution in [2.75, 3.05) is 5.73 Å². The van der Waals surface area contributed by atoms with Gasteiger partial charge in [0.25, 0.3) is 5.91 Å². The van der Waals surface area contributed by atoms with Crippen molar-refractivity contribution in [1.29, 1.82) is 0 Å². The van der Waals surface area contributed by atoms with Crippen LogP contribution in [0.3, 0.4) is 0 Å². The van der Waals surface area contributed by atoms with Crippen molar-refractivity contribution >= 4 is 11.8 Å². The summed E-state index contributed by atoms with van der Waals surface area (Å²) in [6.07, 6.45) is 0. The van der Waals surface area contributed by atoms with Crippen LogP contribution in [-0.2, 0) is 0 Å². The summed E-state index contributed by atoms with van der Waals surface area (Å²) in [5.74, 6) is 0.270. The molecular formula is C8H12N2O2. The fourth-order valence-corrected chi connectivity index (χ4v) is 0.808. The van der Waals surface area contributed by atoms with E-state index in [9.17, 15) is 4.79 Å². The molecule has 1 rings (SSSR count). The molecule has 1 aromatic heterocycles. The lowest BCUT2D eigenvalue weighted by Crippen LogP contribution is -2.29. The maximum absolute atomic E-state index is 11.2. The third kappa shape index (κ3) is 2.02. The van der Waals surface area contributed by atoms with E-state index in [-0.39, 0.29) is 23.6 Å². The summed E-state index contributed by atoms with van der Waals surface area (Å²) in [6.45, 7) is 3.76. The van der Waals surface area contributed by atoms with Crippen molar-refractivity contribution < 1.29 is 9.21 Å². The van der Waals surface area contributed by atoms with Crippen LogP contribution in [0.5, 0.6) is 0 Å². The highest BCUT2D eigenvalue weighted by atomic mass is 16.4. The van der Waals surface area contributed by atoms with Crippen molar-refractivity contribution in [2.24, 2.45) is 0 Å². The van der Waals surface area contributed by atoms with Gasteiger partial charge in [0.2, 0.25) is 0 Å². The Hall–Kier alpha value is -1.45. The van der Waals surface area contributed by atoms with Gasteiger partial charge < -0.3 is 15.5 Å². The molecule has 1 aromatic rings. The van der Waals surface area contributed by atoms with E-state index in [1.54, 1.807) is 12.1 Å². The van der Waals surface area contributed by atoms with Crippen molar-refractivity contribution in [3.63, 3.8) is 0 Å². The van der Waals surface area contributed by atoms with Crippen LogP contribution < -0.4 is 11.1 Å². The zero-order valence-electron chi connectivity index (χ0n) is 7.13. The molecule has 0 aliphatic carbocycles. The van der Waals surface area contributed by atoms with Gasteiger partial charge in [-0.25, -0.2) is 0 Å². The zero-order chi connectivity index (χ0) is 9.14. The van der Waals surface area contributed by atoms with Gasteiger partial charge in [0.15, 0.2) is 11.6 Å². The average Bonchev–Trinajstić information content (AvgIpc) is 2.34. The first-order valence-corrected chi connectivity index (χ1v) is 3.76. The van der Waals surface area contributed by atoms with Crippen molar-refractivity contribution in [1.82, 2.24) is 5.32 Å². The van der Waals surface area contributed by atoms with Gasteiger partial charge in [0.05, 0.1) is 0 Å². The molecule has 1 heterocycles. The Balaban J connectivity index is 2.65. The van der Waals surface area contributed by atoms with Gasteiger partial charge in [-0.1, -0.05) is 0 Å². The third-order valence-electron chi connectivity index (χ3n) is 1.27. The molecule has 0 bridgehead atoms. The molecular weight excluding hydrogens is 156 g/mol. The van der Waals surface area contributed by atoms with Crippen LogP contribution in [0.4, 0.5) is 5.88 Å². The second-order valence-electron chi connectivity index (χ2n) is 2.83. The molecule has 0 aromatic carbocycles. The lowest BCUT2D eigenvalue weighted by molar-refractivity contribution is 0.0916. The molecule has 4 heteroatoms. The summed E-state index contributed by atoms with van der Waals surface area (Å²) in [6, 6.07) is 3.20. The van der Waals surface area contributed by atoms with E-state index in [0.717, 1.165) is 0 Å². The number of amides is 1. The number of hydrogen-bond donors (Lipinski definition) is 2. The van der Waals surface area contributed by atoms with E-state index in [0.29, 0.717) is 0 Å². The lowest BCUT2D eigenvalue weighted by atomic mass is 10.3. The van der Waals surface area contributed by atoms with Crippen molar-refractivity contribution in [3.8, 4) is 0 Å². The van der Waals surface area contributed by atoms with E-state index in [2.05, 4.69) is 5.32 Å². The largest absolute Gasteiger partial charge is 0.436 e. The molecule has 0 saturated heterocycles. The minimum absolute atomic E-state index is 0.101. The quantitative estimate of drug-likeness (QED) is 0.692. The molecule has 66 valence electrons. The lowest BCUT2D eigenvalue weighted by Gasteiger charge is -2.04. The fourth-order valence-electron chi connectivity index (χ4n) is 0.808. The van der Waals surface area contributed by atoms with Crippen molar-refractivity contribution in [3.05, 3.63) is 17.9 Å². The fraction of sp³-hybridized carbons (Fsp3) is 0.375. The normalized spacial score (nSPS) is 10.2. The molecule has 3 N–H and O–H groups in total. The average molecular weight is 168 g/mol. The van der Waals surface area contributed by atoms with Gasteiger partial charge in [-0.2, -0.15) is 0 Å². The van der Waals surface area contributed by atoms with E-state index in [1.165, 1.54) is 0 Å². The van der Waals surface area contributed by atoms with Gasteiger partial charge in [-0.05, 0) is 19.9 Å². The Morgan fingerprint density at radius 2 is 2.25 bits per heavy atom. The van der Waals surface area contributed by atoms with Crippen molar-refractivity contribution in [2.45, 2.75) is 19.9 Å². The van der Waals surface area contributed by atoms with Crippen LogP contribution in [0.15, 0.2) is 16.5 Å². The summed E-state index contributed by atoms with van der Waals surface area (Å²) in [5.41, 5.74) is 5.30. The maximum atomic E-state index is 11.2. The number of carbonyl (C=O) groups is 1. The first-order chi connectivity index (χ1) is 5.59. The van der Waals surface area contributed by atoms with E-state index in [1.807, 2.05) is 13.8 Å². The Morgan fingerprint density at radius 3 is 2.67 bits per heavy atom. The van der Waals surface area contributed by atoms with Gasteiger partial charge in [0, 0.05) is 12.1 Å². The van der Waals surface area contributed by atoms with Crippen LogP contribution in [-0.4, -0.2) is 11.9 Å². The van der Waals surface area contributed by atoms with E-state index in [4.69, 9.17) is 10.2 Å². The number of furan rings is 1. The summed E-state index contributed by atoms with van der Waals surface area (Å²) in [7, 11) is 0. The second-order valence-corrected chi connectivity index (χ2v) is 2.83. The number of anilines is 1. The van der Waals surface area contributed by atoms with Crippen LogP contribution in [0.1, 0.15) is 24.4 Å². The molecule has 0 aliphatic rings. The number of nitrogens with two attached hydrogens (primary N) is 1. The molecule has 4 nitrogen and oxygen atoms in total. The maximum Gasteiger partial charge on any atom is 0.287 e.